The van der Waals surface area contributed by atoms with E-state index in [2.05, 4.69) is 13.8 Å². The topological polar surface area (TPSA) is 18.5 Å². The van der Waals surface area contributed by atoms with Gasteiger partial charge in [0.25, 0.3) is 0 Å². The minimum absolute atomic E-state index is 0.105. The molecule has 0 amide bonds. The van der Waals surface area contributed by atoms with Gasteiger partial charge in [0.05, 0.1) is 33.0 Å². The maximum atomic E-state index is 15.0. The molecule has 2 aromatic carbocycles. The van der Waals surface area contributed by atoms with Gasteiger partial charge in [-0.2, -0.15) is 0 Å². The molecule has 0 heterocycles. The van der Waals surface area contributed by atoms with Gasteiger partial charge in [0.2, 0.25) is 0 Å². The number of hydrogen-bond donors (Lipinski definition) is 0. The highest BCUT2D eigenvalue weighted by Crippen LogP contribution is 2.52. The van der Waals surface area contributed by atoms with Crippen LogP contribution in [-0.2, 0) is 0 Å². The first-order valence-electron chi connectivity index (χ1n) is 14.6. The second-order valence-electron chi connectivity index (χ2n) is 13.7. The van der Waals surface area contributed by atoms with Crippen molar-refractivity contribution in [3.8, 4) is 11.5 Å². The maximum Gasteiger partial charge on any atom is 0.141 e. The van der Waals surface area contributed by atoms with Crippen molar-refractivity contribution in [1.29, 1.82) is 0 Å². The minimum Gasteiger partial charge on any atom is -0.491 e. The van der Waals surface area contributed by atoms with Gasteiger partial charge in [0.1, 0.15) is 23.1 Å². The lowest BCUT2D eigenvalue weighted by Crippen LogP contribution is -2.32. The maximum absolute atomic E-state index is 15.0. The van der Waals surface area contributed by atoms with Crippen LogP contribution in [0.3, 0.4) is 0 Å². The Bertz CT molecular complexity index is 1140. The molecule has 4 aliphatic carbocycles. The fourth-order valence-electron chi connectivity index (χ4n) is 8.25. The van der Waals surface area contributed by atoms with Crippen LogP contribution in [0.4, 0.5) is 8.78 Å². The summed E-state index contributed by atoms with van der Waals surface area (Å²) in [5.74, 6) is 3.02. The number of hydrogen-bond acceptors (Lipinski definition) is 4. The molecule has 40 heavy (non-hydrogen) atoms. The van der Waals surface area contributed by atoms with Crippen molar-refractivity contribution >= 4 is 44.8 Å². The van der Waals surface area contributed by atoms with Gasteiger partial charge < -0.3 is 9.47 Å². The molecule has 6 atom stereocenters. The van der Waals surface area contributed by atoms with Crippen LogP contribution >= 0.6 is 44.8 Å². The summed E-state index contributed by atoms with van der Waals surface area (Å²) < 4.78 is 42.2. The Labute approximate surface area is 255 Å². The van der Waals surface area contributed by atoms with Crippen LogP contribution in [0.15, 0.2) is 34.1 Å². The molecule has 4 fully saturated rings. The van der Waals surface area contributed by atoms with E-state index in [1.54, 1.807) is 12.1 Å². The summed E-state index contributed by atoms with van der Waals surface area (Å²) >= 11 is 13.0. The van der Waals surface area contributed by atoms with E-state index in [9.17, 15) is 0 Å². The molecular weight excluding hydrogens is 589 g/mol. The molecule has 2 unspecified atom stereocenters. The highest BCUT2D eigenvalue weighted by molar-refractivity contribution is 8.76. The first-order valence-corrected chi connectivity index (χ1v) is 17.6. The summed E-state index contributed by atoms with van der Waals surface area (Å²) in [7, 11) is 2.22. The summed E-state index contributed by atoms with van der Waals surface area (Å²) in [6, 6.07) is 5.83. The molecule has 0 radical (unpaired) electrons. The van der Waals surface area contributed by atoms with Gasteiger partial charge in [-0.1, -0.05) is 62.7 Å². The van der Waals surface area contributed by atoms with Gasteiger partial charge in [-0.05, 0) is 95.9 Å². The third-order valence-corrected chi connectivity index (χ3v) is 12.8. The highest BCUT2D eigenvalue weighted by atomic mass is 35.5. The monoisotopic (exact) mass is 626 g/mol. The fourth-order valence-corrected chi connectivity index (χ4v) is 10.9. The van der Waals surface area contributed by atoms with Gasteiger partial charge in [0.15, 0.2) is 0 Å². The van der Waals surface area contributed by atoms with Crippen LogP contribution in [0.25, 0.3) is 0 Å². The second kappa shape index (κ2) is 11.7. The molecule has 0 N–H and O–H groups in total. The standard InChI is InChI=1S/C32H38Cl2F2O2S2/c1-31(13-19-3-4-20(7-19)14-31)17-37-27-11-25(35)29(9-23(27)33)39-40-30-10-24(34)28(12-26(30)36)38-18-32(2)15-21-5-6-22(8-21)16-32/h9-12,19-22H,3-8,13-18H2,1-2H3/t19-,20+,21-,22+,31?,32?. The third kappa shape index (κ3) is 6.55. The zero-order chi connectivity index (χ0) is 28.1. The Balaban J connectivity index is 1.05. The van der Waals surface area contributed by atoms with E-state index in [0.29, 0.717) is 44.5 Å². The lowest BCUT2D eigenvalue weighted by molar-refractivity contribution is 0.0809. The molecule has 0 aliphatic heterocycles. The SMILES string of the molecule is CC1(COc2cc(F)c(SSc3cc(Cl)c(OCC4(C)C[C@@H]5CC[C@@H](C5)C4)cc3F)cc2Cl)C[C@@H]2CC[C@@H](C2)C1. The Kier molecular flexibility index (Phi) is 8.55. The molecule has 6 rings (SSSR count). The van der Waals surface area contributed by atoms with Crippen molar-refractivity contribution in [2.75, 3.05) is 13.2 Å². The van der Waals surface area contributed by atoms with E-state index < -0.39 is 11.6 Å². The molecule has 0 spiro atoms. The summed E-state index contributed by atoms with van der Waals surface area (Å²) in [4.78, 5) is 0.639. The zero-order valence-electron chi connectivity index (χ0n) is 23.2. The van der Waals surface area contributed by atoms with Crippen LogP contribution in [0, 0.1) is 46.1 Å². The van der Waals surface area contributed by atoms with E-state index >= 15 is 8.78 Å². The average molecular weight is 628 g/mol. The second-order valence-corrected chi connectivity index (χ2v) is 16.7. The van der Waals surface area contributed by atoms with Crippen molar-refractivity contribution in [3.63, 3.8) is 0 Å². The van der Waals surface area contributed by atoms with Gasteiger partial charge >= 0.3 is 0 Å². The van der Waals surface area contributed by atoms with Gasteiger partial charge in [-0.3, -0.25) is 0 Å². The highest BCUT2D eigenvalue weighted by Gasteiger charge is 2.42. The summed E-state index contributed by atoms with van der Waals surface area (Å²) in [6.45, 7) is 5.63. The van der Waals surface area contributed by atoms with Gasteiger partial charge in [-0.15, -0.1) is 0 Å². The first-order chi connectivity index (χ1) is 19.1. The smallest absolute Gasteiger partial charge is 0.141 e. The molecule has 4 aliphatic rings. The molecular formula is C32H38Cl2F2O2S2. The third-order valence-electron chi connectivity index (χ3n) is 9.77. The van der Waals surface area contributed by atoms with E-state index in [0.717, 1.165) is 70.9 Å². The van der Waals surface area contributed by atoms with Crippen LogP contribution in [0.5, 0.6) is 11.5 Å². The summed E-state index contributed by atoms with van der Waals surface area (Å²) in [6.07, 6.45) is 12.6. The Morgan fingerprint density at radius 1 is 0.675 bits per heavy atom. The van der Waals surface area contributed by atoms with Crippen LogP contribution in [0.1, 0.15) is 78.1 Å². The molecule has 4 bridgehead atoms. The average Bonchev–Trinajstić information content (AvgIpc) is 3.44. The number of rotatable bonds is 9. The first kappa shape index (κ1) is 29.3. The molecule has 218 valence electrons. The van der Waals surface area contributed by atoms with Crippen molar-refractivity contribution in [2.24, 2.45) is 34.5 Å². The van der Waals surface area contributed by atoms with E-state index in [1.807, 2.05) is 0 Å². The minimum atomic E-state index is -0.438. The molecule has 8 heteroatoms. The van der Waals surface area contributed by atoms with Gasteiger partial charge in [-0.25, -0.2) is 8.78 Å². The van der Waals surface area contributed by atoms with E-state index in [1.165, 1.54) is 50.7 Å². The number of fused-ring (bicyclic) bond motifs is 4. The van der Waals surface area contributed by atoms with E-state index in [4.69, 9.17) is 32.7 Å². The van der Waals surface area contributed by atoms with Crippen molar-refractivity contribution in [3.05, 3.63) is 45.9 Å². The predicted octanol–water partition coefficient (Wildman–Crippen LogP) is 11.3. The van der Waals surface area contributed by atoms with Crippen molar-refractivity contribution in [1.82, 2.24) is 0 Å². The lowest BCUT2D eigenvalue weighted by atomic mass is 9.71. The zero-order valence-corrected chi connectivity index (χ0v) is 26.4. The predicted molar refractivity (Wildman–Crippen MR) is 162 cm³/mol. The van der Waals surface area contributed by atoms with Crippen molar-refractivity contribution < 1.29 is 18.3 Å². The van der Waals surface area contributed by atoms with E-state index in [-0.39, 0.29) is 10.8 Å². The molecule has 4 saturated carbocycles. The molecule has 2 aromatic rings. The summed E-state index contributed by atoms with van der Waals surface area (Å²) in [5, 5.41) is 0.720. The van der Waals surface area contributed by atoms with Crippen LogP contribution in [0.2, 0.25) is 10.0 Å². The van der Waals surface area contributed by atoms with Crippen LogP contribution < -0.4 is 9.47 Å². The van der Waals surface area contributed by atoms with Gasteiger partial charge in [0, 0.05) is 23.0 Å². The molecule has 0 saturated heterocycles. The molecule has 2 nitrogen and oxygen atoms in total. The number of halogens is 4. The summed E-state index contributed by atoms with van der Waals surface area (Å²) in [5.41, 5.74) is 0.210. The normalized spacial score (nSPS) is 32.9. The Hall–Kier alpha value is -0.820. The van der Waals surface area contributed by atoms with Crippen molar-refractivity contribution in [2.45, 2.75) is 87.8 Å². The Morgan fingerprint density at radius 3 is 1.38 bits per heavy atom. The lowest BCUT2D eigenvalue weighted by Gasteiger charge is -2.37. The largest absolute Gasteiger partial charge is 0.491 e. The fraction of sp³-hybridized carbons (Fsp3) is 0.625. The quantitative estimate of drug-likeness (QED) is 0.257. The number of benzene rings is 2. The molecule has 0 aromatic heterocycles. The Morgan fingerprint density at radius 2 is 1.02 bits per heavy atom. The van der Waals surface area contributed by atoms with Crippen LogP contribution in [-0.4, -0.2) is 13.2 Å². The number of ether oxygens (including phenoxy) is 2.